The van der Waals surface area contributed by atoms with Crippen LogP contribution in [0.15, 0.2) is 0 Å². The van der Waals surface area contributed by atoms with Crippen molar-refractivity contribution in [1.82, 2.24) is 4.90 Å². The van der Waals surface area contributed by atoms with Crippen LogP contribution in [-0.2, 0) is 9.47 Å². The molecular formula is C13H28N2O2. The smallest absolute Gasteiger partial charge is 0.158 e. The highest BCUT2D eigenvalue weighted by atomic mass is 16.7. The summed E-state index contributed by atoms with van der Waals surface area (Å²) in [6, 6.07) is 0.378. The van der Waals surface area contributed by atoms with Gasteiger partial charge in [0.25, 0.3) is 0 Å². The minimum Gasteiger partial charge on any atom is -0.356 e. The fraction of sp³-hybridized carbons (Fsp3) is 1.00. The maximum atomic E-state index is 5.88. The van der Waals surface area contributed by atoms with E-state index in [-0.39, 0.29) is 6.29 Å². The largest absolute Gasteiger partial charge is 0.356 e. The molecule has 0 spiro atoms. The van der Waals surface area contributed by atoms with Crippen LogP contribution in [0.4, 0.5) is 0 Å². The fourth-order valence-electron chi connectivity index (χ4n) is 2.60. The van der Waals surface area contributed by atoms with E-state index in [4.69, 9.17) is 15.2 Å². The Labute approximate surface area is 105 Å². The molecule has 4 heteroatoms. The molecule has 0 aromatic heterocycles. The number of methoxy groups -OCH3 is 2. The second-order valence-corrected chi connectivity index (χ2v) is 5.31. The standard InChI is InChI=1S/C13H28N2O2/c1-10(2)11-5-6-15(9-11)12(8-14)7-13(16-3)17-4/h10-13H,5-9,14H2,1-4H3. The van der Waals surface area contributed by atoms with E-state index in [1.54, 1.807) is 14.2 Å². The molecule has 0 aromatic rings. The molecule has 1 saturated heterocycles. The zero-order valence-corrected chi connectivity index (χ0v) is 11.7. The Morgan fingerprint density at radius 1 is 1.29 bits per heavy atom. The molecule has 0 radical (unpaired) electrons. The van der Waals surface area contributed by atoms with Gasteiger partial charge in [-0.25, -0.2) is 0 Å². The van der Waals surface area contributed by atoms with Crippen LogP contribution in [0, 0.1) is 11.8 Å². The molecule has 102 valence electrons. The summed E-state index contributed by atoms with van der Waals surface area (Å²) >= 11 is 0. The highest BCUT2D eigenvalue weighted by molar-refractivity contribution is 4.83. The Kier molecular flexibility index (Phi) is 6.41. The number of rotatable bonds is 7. The molecule has 0 aliphatic carbocycles. The molecule has 4 nitrogen and oxygen atoms in total. The number of ether oxygens (including phenoxy) is 2. The quantitative estimate of drug-likeness (QED) is 0.686. The molecule has 0 aromatic carbocycles. The van der Waals surface area contributed by atoms with E-state index in [0.29, 0.717) is 12.6 Å². The van der Waals surface area contributed by atoms with Gasteiger partial charge in [0.1, 0.15) is 0 Å². The van der Waals surface area contributed by atoms with Gasteiger partial charge in [-0.1, -0.05) is 13.8 Å². The van der Waals surface area contributed by atoms with E-state index in [9.17, 15) is 0 Å². The first kappa shape index (κ1) is 14.9. The van der Waals surface area contributed by atoms with Crippen molar-refractivity contribution in [2.45, 2.75) is 39.0 Å². The summed E-state index contributed by atoms with van der Waals surface area (Å²) < 4.78 is 10.5. The summed E-state index contributed by atoms with van der Waals surface area (Å²) in [6.45, 7) is 7.61. The van der Waals surface area contributed by atoms with Crippen LogP contribution in [0.1, 0.15) is 26.7 Å². The lowest BCUT2D eigenvalue weighted by molar-refractivity contribution is -0.115. The van der Waals surface area contributed by atoms with E-state index in [0.717, 1.165) is 24.8 Å². The predicted octanol–water partition coefficient (Wildman–Crippen LogP) is 1.30. The minimum absolute atomic E-state index is 0.137. The van der Waals surface area contributed by atoms with Gasteiger partial charge in [0.15, 0.2) is 6.29 Å². The Morgan fingerprint density at radius 2 is 1.94 bits per heavy atom. The average Bonchev–Trinajstić information content (AvgIpc) is 2.80. The second-order valence-electron chi connectivity index (χ2n) is 5.31. The summed E-state index contributed by atoms with van der Waals surface area (Å²) in [7, 11) is 3.37. The Hall–Kier alpha value is -0.160. The number of likely N-dealkylation sites (tertiary alicyclic amines) is 1. The molecule has 1 rings (SSSR count). The topological polar surface area (TPSA) is 47.7 Å². The Bertz CT molecular complexity index is 208. The summed E-state index contributed by atoms with van der Waals surface area (Å²) in [6.07, 6.45) is 2.01. The van der Waals surface area contributed by atoms with Crippen LogP contribution in [0.25, 0.3) is 0 Å². The molecule has 2 atom stereocenters. The molecule has 1 aliphatic heterocycles. The van der Waals surface area contributed by atoms with Crippen LogP contribution >= 0.6 is 0 Å². The van der Waals surface area contributed by atoms with Gasteiger partial charge in [-0.05, 0) is 24.8 Å². The molecule has 1 aliphatic rings. The molecule has 1 fully saturated rings. The SMILES string of the molecule is COC(CC(CN)N1CCC(C(C)C)C1)OC. The molecule has 17 heavy (non-hydrogen) atoms. The number of nitrogens with zero attached hydrogens (tertiary/aromatic N) is 1. The van der Waals surface area contributed by atoms with Crippen molar-refractivity contribution in [2.75, 3.05) is 33.9 Å². The highest BCUT2D eigenvalue weighted by Crippen LogP contribution is 2.26. The van der Waals surface area contributed by atoms with Crippen molar-refractivity contribution in [3.63, 3.8) is 0 Å². The van der Waals surface area contributed by atoms with Crippen LogP contribution in [-0.4, -0.2) is 51.1 Å². The van der Waals surface area contributed by atoms with Crippen LogP contribution in [0.3, 0.4) is 0 Å². The van der Waals surface area contributed by atoms with Gasteiger partial charge < -0.3 is 15.2 Å². The van der Waals surface area contributed by atoms with Gasteiger partial charge in [0.05, 0.1) is 0 Å². The third-order valence-electron chi connectivity index (χ3n) is 3.98. The van der Waals surface area contributed by atoms with E-state index in [1.165, 1.54) is 13.0 Å². The van der Waals surface area contributed by atoms with Crippen molar-refractivity contribution in [3.8, 4) is 0 Å². The zero-order valence-electron chi connectivity index (χ0n) is 11.7. The maximum Gasteiger partial charge on any atom is 0.158 e. The molecule has 1 heterocycles. The third kappa shape index (κ3) is 4.21. The number of nitrogens with two attached hydrogens (primary N) is 1. The minimum atomic E-state index is -0.137. The Morgan fingerprint density at radius 3 is 2.35 bits per heavy atom. The molecule has 0 bridgehead atoms. The van der Waals surface area contributed by atoms with E-state index < -0.39 is 0 Å². The maximum absolute atomic E-state index is 5.88. The van der Waals surface area contributed by atoms with Crippen molar-refractivity contribution in [3.05, 3.63) is 0 Å². The normalized spacial score (nSPS) is 23.8. The molecule has 2 N–H and O–H groups in total. The lowest BCUT2D eigenvalue weighted by Gasteiger charge is -2.29. The van der Waals surface area contributed by atoms with Crippen LogP contribution in [0.5, 0.6) is 0 Å². The van der Waals surface area contributed by atoms with Gasteiger partial charge in [-0.3, -0.25) is 4.90 Å². The van der Waals surface area contributed by atoms with Crippen molar-refractivity contribution >= 4 is 0 Å². The molecule has 0 amide bonds. The van der Waals surface area contributed by atoms with E-state index in [1.807, 2.05) is 0 Å². The van der Waals surface area contributed by atoms with E-state index >= 15 is 0 Å². The molecular weight excluding hydrogens is 216 g/mol. The fourth-order valence-corrected chi connectivity index (χ4v) is 2.60. The highest BCUT2D eigenvalue weighted by Gasteiger charge is 2.30. The van der Waals surface area contributed by atoms with Gasteiger partial charge in [-0.2, -0.15) is 0 Å². The van der Waals surface area contributed by atoms with Crippen LogP contribution in [0.2, 0.25) is 0 Å². The number of hydrogen-bond acceptors (Lipinski definition) is 4. The summed E-state index contributed by atoms with van der Waals surface area (Å²) in [5.74, 6) is 1.58. The van der Waals surface area contributed by atoms with Crippen molar-refractivity contribution in [2.24, 2.45) is 17.6 Å². The van der Waals surface area contributed by atoms with Gasteiger partial charge >= 0.3 is 0 Å². The monoisotopic (exact) mass is 244 g/mol. The number of hydrogen-bond donors (Lipinski definition) is 1. The first-order valence-corrected chi connectivity index (χ1v) is 6.62. The van der Waals surface area contributed by atoms with Crippen molar-refractivity contribution < 1.29 is 9.47 Å². The van der Waals surface area contributed by atoms with Gasteiger partial charge in [0.2, 0.25) is 0 Å². The van der Waals surface area contributed by atoms with Crippen molar-refractivity contribution in [1.29, 1.82) is 0 Å². The predicted molar refractivity (Wildman–Crippen MR) is 69.8 cm³/mol. The first-order chi connectivity index (χ1) is 8.12. The first-order valence-electron chi connectivity index (χ1n) is 6.62. The lowest BCUT2D eigenvalue weighted by Crippen LogP contribution is -2.42. The molecule has 2 unspecified atom stereocenters. The van der Waals surface area contributed by atoms with Crippen LogP contribution < -0.4 is 5.73 Å². The Balaban J connectivity index is 2.46. The lowest BCUT2D eigenvalue weighted by atomic mass is 9.95. The second kappa shape index (κ2) is 7.31. The summed E-state index contributed by atoms with van der Waals surface area (Å²) in [5, 5.41) is 0. The molecule has 0 saturated carbocycles. The summed E-state index contributed by atoms with van der Waals surface area (Å²) in [4.78, 5) is 2.50. The average molecular weight is 244 g/mol. The summed E-state index contributed by atoms with van der Waals surface area (Å²) in [5.41, 5.74) is 5.88. The third-order valence-corrected chi connectivity index (χ3v) is 3.98. The zero-order chi connectivity index (χ0) is 12.8. The van der Waals surface area contributed by atoms with Gasteiger partial charge in [0, 0.05) is 39.8 Å². The van der Waals surface area contributed by atoms with E-state index in [2.05, 4.69) is 18.7 Å². The van der Waals surface area contributed by atoms with Gasteiger partial charge in [-0.15, -0.1) is 0 Å².